The summed E-state index contributed by atoms with van der Waals surface area (Å²) in [5.74, 6) is -5.70. The summed E-state index contributed by atoms with van der Waals surface area (Å²) >= 11 is 5.76. The highest BCUT2D eigenvalue weighted by Gasteiger charge is 2.75. The molecule has 0 radical (unpaired) electrons. The van der Waals surface area contributed by atoms with Gasteiger partial charge in [-0.2, -0.15) is 0 Å². The Morgan fingerprint density at radius 3 is 2.45 bits per heavy atom. The first kappa shape index (κ1) is 20.6. The van der Waals surface area contributed by atoms with Crippen LogP contribution in [0.4, 0.5) is 4.39 Å². The molecule has 0 spiro atoms. The maximum Gasteiger partial charge on any atom is 0.188 e. The number of carbonyl (C=O) groups excluding carboxylic acids is 5. The van der Waals surface area contributed by atoms with E-state index in [4.69, 9.17) is 11.6 Å². The number of hydrogen-bond donors (Lipinski definition) is 0. The maximum atomic E-state index is 16.9. The van der Waals surface area contributed by atoms with Gasteiger partial charge in [0, 0.05) is 30.3 Å². The van der Waals surface area contributed by atoms with Gasteiger partial charge in [0.15, 0.2) is 34.6 Å². The van der Waals surface area contributed by atoms with Crippen molar-refractivity contribution in [2.45, 2.75) is 52.1 Å². The van der Waals surface area contributed by atoms with Gasteiger partial charge in [-0.25, -0.2) is 4.39 Å². The fraction of sp³-hybridized carbons (Fsp3) is 0.682. The van der Waals surface area contributed by atoms with Gasteiger partial charge < -0.3 is 0 Å². The predicted molar refractivity (Wildman–Crippen MR) is 102 cm³/mol. The molecule has 0 amide bonds. The Bertz CT molecular complexity index is 909. The van der Waals surface area contributed by atoms with Crippen LogP contribution < -0.4 is 0 Å². The standard InChI is InChI=1S/C22H24ClFO5/c1-10-15(25)7-14-16(26)6-13-11-4-5-12(17(27)9-23)20(11,2)8-18(28)22(13,24)21(14,3)19(10)29/h7,10-13H,4-6,8-9H2,1-3H3/t10?,11-,12+,13-,20-,21+,22-/m0/s1. The van der Waals surface area contributed by atoms with E-state index >= 15 is 4.39 Å². The molecule has 0 N–H and O–H groups in total. The van der Waals surface area contributed by atoms with Gasteiger partial charge >= 0.3 is 0 Å². The van der Waals surface area contributed by atoms with Crippen molar-refractivity contribution in [2.24, 2.45) is 34.5 Å². The highest BCUT2D eigenvalue weighted by Crippen LogP contribution is 2.67. The van der Waals surface area contributed by atoms with Crippen molar-refractivity contribution < 1.29 is 28.4 Å². The van der Waals surface area contributed by atoms with Crippen LogP contribution in [0.25, 0.3) is 0 Å². The quantitative estimate of drug-likeness (QED) is 0.504. The van der Waals surface area contributed by atoms with Gasteiger partial charge in [-0.15, -0.1) is 11.6 Å². The van der Waals surface area contributed by atoms with Crippen LogP contribution >= 0.6 is 11.6 Å². The normalized spacial score (nSPS) is 46.7. The van der Waals surface area contributed by atoms with Gasteiger partial charge in [-0.3, -0.25) is 24.0 Å². The molecule has 3 fully saturated rings. The van der Waals surface area contributed by atoms with E-state index in [2.05, 4.69) is 0 Å². The van der Waals surface area contributed by atoms with Crippen LogP contribution in [0.15, 0.2) is 11.6 Å². The topological polar surface area (TPSA) is 85.3 Å². The van der Waals surface area contributed by atoms with Crippen LogP contribution in [0.2, 0.25) is 0 Å². The van der Waals surface area contributed by atoms with Gasteiger partial charge in [0.2, 0.25) is 0 Å². The molecular weight excluding hydrogens is 399 g/mol. The van der Waals surface area contributed by atoms with Crippen molar-refractivity contribution >= 4 is 40.5 Å². The van der Waals surface area contributed by atoms with Crippen molar-refractivity contribution in [3.63, 3.8) is 0 Å². The lowest BCUT2D eigenvalue weighted by atomic mass is 9.43. The van der Waals surface area contributed by atoms with Crippen LogP contribution in [-0.4, -0.2) is 40.5 Å². The van der Waals surface area contributed by atoms with E-state index in [0.717, 1.165) is 6.08 Å². The number of ketones is 5. The monoisotopic (exact) mass is 422 g/mol. The first-order valence-electron chi connectivity index (χ1n) is 10.1. The Morgan fingerprint density at radius 2 is 1.83 bits per heavy atom. The Morgan fingerprint density at radius 1 is 1.17 bits per heavy atom. The highest BCUT2D eigenvalue weighted by molar-refractivity contribution is 6.28. The van der Waals surface area contributed by atoms with Crippen LogP contribution in [0, 0.1) is 34.5 Å². The molecule has 0 aromatic rings. The molecule has 0 aliphatic heterocycles. The first-order chi connectivity index (χ1) is 13.4. The number of alkyl halides is 2. The number of allylic oxidation sites excluding steroid dienone is 1. The van der Waals surface area contributed by atoms with Crippen molar-refractivity contribution in [1.29, 1.82) is 0 Å². The minimum absolute atomic E-state index is 0.169. The van der Waals surface area contributed by atoms with Gasteiger partial charge in [0.25, 0.3) is 0 Å². The SMILES string of the molecule is CC1C(=O)C=C2C(=O)C[C@H]3[C@@H]4CC[C@H](C(=O)CCl)[C@@]4(C)CC(=O)[C@]3(F)[C@@]2(C)C1=O. The zero-order valence-electron chi connectivity index (χ0n) is 16.7. The van der Waals surface area contributed by atoms with E-state index in [9.17, 15) is 24.0 Å². The second-order valence-electron chi connectivity index (χ2n) is 9.56. The molecule has 3 saturated carbocycles. The molecule has 156 valence electrons. The minimum Gasteiger partial charge on any atom is -0.298 e. The molecule has 4 rings (SSSR count). The summed E-state index contributed by atoms with van der Waals surface area (Å²) in [6.07, 6.45) is 1.65. The Labute approximate surface area is 173 Å². The van der Waals surface area contributed by atoms with Crippen LogP contribution in [0.3, 0.4) is 0 Å². The summed E-state index contributed by atoms with van der Waals surface area (Å²) < 4.78 is 16.9. The molecular formula is C22H24ClFO5. The Balaban J connectivity index is 1.88. The molecule has 0 aromatic heterocycles. The average Bonchev–Trinajstić information content (AvgIpc) is 3.01. The molecule has 7 atom stereocenters. The fourth-order valence-electron chi connectivity index (χ4n) is 6.84. The molecule has 4 aliphatic carbocycles. The van der Waals surface area contributed by atoms with Gasteiger partial charge in [0.05, 0.1) is 17.2 Å². The Kier molecular flexibility index (Phi) is 4.37. The third-order valence-corrected chi connectivity index (χ3v) is 8.71. The van der Waals surface area contributed by atoms with Gasteiger partial charge in [-0.1, -0.05) is 6.92 Å². The molecule has 4 aliphatic rings. The van der Waals surface area contributed by atoms with E-state index in [-0.39, 0.29) is 36.0 Å². The fourth-order valence-corrected chi connectivity index (χ4v) is 7.03. The predicted octanol–water partition coefficient (Wildman–Crippen LogP) is 2.82. The molecule has 1 unspecified atom stereocenters. The smallest absolute Gasteiger partial charge is 0.188 e. The summed E-state index contributed by atoms with van der Waals surface area (Å²) in [5, 5.41) is 0. The summed E-state index contributed by atoms with van der Waals surface area (Å²) in [6, 6.07) is 0. The summed E-state index contributed by atoms with van der Waals surface area (Å²) in [6.45, 7) is 4.51. The third kappa shape index (κ3) is 2.24. The second kappa shape index (κ2) is 6.16. The van der Waals surface area contributed by atoms with E-state index in [1.807, 2.05) is 6.92 Å². The summed E-state index contributed by atoms with van der Waals surface area (Å²) in [4.78, 5) is 64.1. The Hall–Kier alpha value is -1.69. The zero-order chi connectivity index (χ0) is 21.5. The van der Waals surface area contributed by atoms with Crippen LogP contribution in [0.5, 0.6) is 0 Å². The number of carbonyl (C=O) groups is 5. The zero-order valence-corrected chi connectivity index (χ0v) is 17.5. The largest absolute Gasteiger partial charge is 0.298 e. The maximum absolute atomic E-state index is 16.9. The summed E-state index contributed by atoms with van der Waals surface area (Å²) in [7, 11) is 0. The van der Waals surface area contributed by atoms with Gasteiger partial charge in [0.1, 0.15) is 0 Å². The van der Waals surface area contributed by atoms with Crippen molar-refractivity contribution in [3.8, 4) is 0 Å². The highest BCUT2D eigenvalue weighted by atomic mass is 35.5. The number of rotatable bonds is 2. The van der Waals surface area contributed by atoms with E-state index < -0.39 is 57.4 Å². The van der Waals surface area contributed by atoms with E-state index in [0.29, 0.717) is 12.8 Å². The minimum atomic E-state index is -2.55. The van der Waals surface area contributed by atoms with Crippen LogP contribution in [-0.2, 0) is 24.0 Å². The van der Waals surface area contributed by atoms with Crippen molar-refractivity contribution in [3.05, 3.63) is 11.6 Å². The average molecular weight is 423 g/mol. The van der Waals surface area contributed by atoms with Crippen LogP contribution in [0.1, 0.15) is 46.5 Å². The lowest BCUT2D eigenvalue weighted by Crippen LogP contribution is -2.70. The molecule has 0 bridgehead atoms. The number of Topliss-reactive ketones (excluding diaryl/α,β-unsaturated/α-hetero) is 4. The molecule has 0 saturated heterocycles. The third-order valence-electron chi connectivity index (χ3n) is 8.45. The molecule has 29 heavy (non-hydrogen) atoms. The van der Waals surface area contributed by atoms with Crippen molar-refractivity contribution in [2.75, 3.05) is 5.88 Å². The second-order valence-corrected chi connectivity index (χ2v) is 9.83. The molecule has 0 heterocycles. The van der Waals surface area contributed by atoms with E-state index in [1.54, 1.807) is 0 Å². The first-order valence-corrected chi connectivity index (χ1v) is 10.6. The van der Waals surface area contributed by atoms with E-state index in [1.165, 1.54) is 13.8 Å². The molecule has 7 heteroatoms. The molecule has 0 aromatic carbocycles. The van der Waals surface area contributed by atoms with Crippen molar-refractivity contribution in [1.82, 2.24) is 0 Å². The lowest BCUT2D eigenvalue weighted by molar-refractivity contribution is -0.180. The number of hydrogen-bond acceptors (Lipinski definition) is 5. The number of fused-ring (bicyclic) bond motifs is 5. The summed E-state index contributed by atoms with van der Waals surface area (Å²) in [5.41, 5.74) is -5.47. The molecule has 5 nitrogen and oxygen atoms in total. The van der Waals surface area contributed by atoms with Gasteiger partial charge in [-0.05, 0) is 44.1 Å². The number of halogens is 2. The lowest BCUT2D eigenvalue weighted by Gasteiger charge is -2.58.